The molecule has 1 atom stereocenters. The molecule has 0 fully saturated rings. The average molecular weight is 375 g/mol. The van der Waals surface area contributed by atoms with Gasteiger partial charge in [-0.25, -0.2) is 4.79 Å². The summed E-state index contributed by atoms with van der Waals surface area (Å²) in [5.41, 5.74) is 0.731. The van der Waals surface area contributed by atoms with Gasteiger partial charge < -0.3 is 10.1 Å². The Hall–Kier alpha value is -2.62. The second kappa shape index (κ2) is 8.47. The molecule has 7 heteroatoms. The Bertz CT molecular complexity index is 867. The fraction of sp³-hybridized carbons (Fsp3) is 0.167. The van der Waals surface area contributed by atoms with Crippen LogP contribution in [0.3, 0.4) is 0 Å². The Morgan fingerprint density at radius 3 is 2.72 bits per heavy atom. The number of esters is 1. The summed E-state index contributed by atoms with van der Waals surface area (Å²) in [4.78, 5) is 25.9. The molecular formula is C18H15ClN2O3S. The number of hydrogen-bond acceptors (Lipinski definition) is 5. The summed E-state index contributed by atoms with van der Waals surface area (Å²) in [6, 6.07) is 10.3. The summed E-state index contributed by atoms with van der Waals surface area (Å²) in [7, 11) is 0. The minimum atomic E-state index is -0.975. The highest BCUT2D eigenvalue weighted by molar-refractivity contribution is 7.12. The maximum Gasteiger partial charge on any atom is 0.331 e. The fourth-order valence-corrected chi connectivity index (χ4v) is 2.89. The van der Waals surface area contributed by atoms with E-state index in [4.69, 9.17) is 21.6 Å². The van der Waals surface area contributed by atoms with E-state index in [0.29, 0.717) is 11.3 Å². The van der Waals surface area contributed by atoms with Crippen LogP contribution < -0.4 is 5.32 Å². The van der Waals surface area contributed by atoms with Gasteiger partial charge in [-0.15, -0.1) is 11.3 Å². The van der Waals surface area contributed by atoms with Gasteiger partial charge in [0.2, 0.25) is 0 Å². The number of carbonyl (C=O) groups excluding carboxylic acids is 2. The first-order valence-corrected chi connectivity index (χ1v) is 8.54. The lowest BCUT2D eigenvalue weighted by Crippen LogP contribution is -2.29. The lowest BCUT2D eigenvalue weighted by atomic mass is 10.2. The molecule has 2 aromatic rings. The van der Waals surface area contributed by atoms with Crippen LogP contribution in [0.2, 0.25) is 5.02 Å². The molecule has 0 bridgehead atoms. The summed E-state index contributed by atoms with van der Waals surface area (Å²) in [6.07, 6.45) is 1.95. The minimum absolute atomic E-state index is 0.235. The molecule has 1 aromatic carbocycles. The van der Waals surface area contributed by atoms with E-state index in [1.165, 1.54) is 25.1 Å². The molecule has 0 spiro atoms. The quantitative estimate of drug-likeness (QED) is 0.629. The van der Waals surface area contributed by atoms with Crippen molar-refractivity contribution in [1.29, 1.82) is 5.26 Å². The van der Waals surface area contributed by atoms with Crippen molar-refractivity contribution < 1.29 is 14.3 Å². The van der Waals surface area contributed by atoms with Crippen LogP contribution >= 0.6 is 22.9 Å². The molecule has 1 N–H and O–H groups in total. The summed E-state index contributed by atoms with van der Waals surface area (Å²) in [6.45, 7) is 3.45. The van der Waals surface area contributed by atoms with Crippen LogP contribution in [0.4, 0.5) is 5.69 Å². The zero-order chi connectivity index (χ0) is 18.4. The topological polar surface area (TPSA) is 79.2 Å². The maximum absolute atomic E-state index is 12.1. The number of benzene rings is 1. The largest absolute Gasteiger partial charge is 0.449 e. The van der Waals surface area contributed by atoms with E-state index in [-0.39, 0.29) is 5.02 Å². The van der Waals surface area contributed by atoms with Gasteiger partial charge in [0.25, 0.3) is 5.91 Å². The fourth-order valence-electron chi connectivity index (χ4n) is 1.89. The number of nitriles is 1. The third kappa shape index (κ3) is 5.45. The predicted molar refractivity (Wildman–Crippen MR) is 98.4 cm³/mol. The van der Waals surface area contributed by atoms with E-state index < -0.39 is 18.0 Å². The highest BCUT2D eigenvalue weighted by Gasteiger charge is 2.17. The van der Waals surface area contributed by atoms with Crippen molar-refractivity contribution in [2.24, 2.45) is 0 Å². The molecule has 1 amide bonds. The van der Waals surface area contributed by atoms with Gasteiger partial charge in [-0.1, -0.05) is 11.6 Å². The summed E-state index contributed by atoms with van der Waals surface area (Å²) < 4.78 is 5.07. The van der Waals surface area contributed by atoms with Gasteiger partial charge in [0.05, 0.1) is 10.6 Å². The third-order valence-electron chi connectivity index (χ3n) is 3.16. The highest BCUT2D eigenvalue weighted by atomic mass is 35.5. The molecule has 25 heavy (non-hydrogen) atoms. The number of aryl methyl sites for hydroxylation is 1. The van der Waals surface area contributed by atoms with Crippen LogP contribution in [0.25, 0.3) is 6.08 Å². The normalized spacial score (nSPS) is 11.8. The SMILES string of the molecule is Cc1ccc(/C=C/C(=O)O[C@H](C)C(=O)Nc2ccc(C#N)c(Cl)c2)s1. The van der Waals surface area contributed by atoms with Gasteiger partial charge in [0.15, 0.2) is 6.10 Å². The van der Waals surface area contributed by atoms with E-state index in [1.54, 1.807) is 23.5 Å². The van der Waals surface area contributed by atoms with Crippen molar-refractivity contribution in [2.75, 3.05) is 5.32 Å². The van der Waals surface area contributed by atoms with Crippen molar-refractivity contribution in [3.05, 3.63) is 56.7 Å². The second-order valence-corrected chi connectivity index (χ2v) is 6.88. The Morgan fingerprint density at radius 2 is 2.12 bits per heavy atom. The highest BCUT2D eigenvalue weighted by Crippen LogP contribution is 2.20. The Balaban J connectivity index is 1.91. The lowest BCUT2D eigenvalue weighted by Gasteiger charge is -2.12. The van der Waals surface area contributed by atoms with Crippen molar-refractivity contribution >= 4 is 46.6 Å². The lowest BCUT2D eigenvalue weighted by molar-refractivity contribution is -0.148. The number of anilines is 1. The molecule has 0 saturated heterocycles. The van der Waals surface area contributed by atoms with Gasteiger partial charge >= 0.3 is 5.97 Å². The first-order valence-electron chi connectivity index (χ1n) is 7.34. The first kappa shape index (κ1) is 18.7. The van der Waals surface area contributed by atoms with Crippen molar-refractivity contribution in [2.45, 2.75) is 20.0 Å². The van der Waals surface area contributed by atoms with Gasteiger partial charge in [0.1, 0.15) is 6.07 Å². The van der Waals surface area contributed by atoms with E-state index in [9.17, 15) is 9.59 Å². The van der Waals surface area contributed by atoms with E-state index in [0.717, 1.165) is 9.75 Å². The maximum atomic E-state index is 12.1. The molecule has 0 saturated carbocycles. The van der Waals surface area contributed by atoms with Crippen LogP contribution in [0.1, 0.15) is 22.2 Å². The van der Waals surface area contributed by atoms with Crippen LogP contribution in [0, 0.1) is 18.3 Å². The Morgan fingerprint density at radius 1 is 1.36 bits per heavy atom. The van der Waals surface area contributed by atoms with Gasteiger partial charge in [-0.3, -0.25) is 4.79 Å². The zero-order valence-corrected chi connectivity index (χ0v) is 15.1. The molecule has 0 unspecified atom stereocenters. The number of ether oxygens (including phenoxy) is 1. The van der Waals surface area contributed by atoms with E-state index in [1.807, 2.05) is 25.1 Å². The van der Waals surface area contributed by atoms with Gasteiger partial charge in [-0.05, 0) is 50.3 Å². The number of rotatable bonds is 5. The van der Waals surface area contributed by atoms with Crippen LogP contribution in [-0.4, -0.2) is 18.0 Å². The first-order chi connectivity index (χ1) is 11.9. The minimum Gasteiger partial charge on any atom is -0.449 e. The average Bonchev–Trinajstić information content (AvgIpc) is 2.98. The number of nitrogens with one attached hydrogen (secondary N) is 1. The number of thiophene rings is 1. The summed E-state index contributed by atoms with van der Waals surface area (Å²) >= 11 is 7.46. The smallest absolute Gasteiger partial charge is 0.331 e. The Labute approximate surface area is 154 Å². The van der Waals surface area contributed by atoms with Crippen molar-refractivity contribution in [3.8, 4) is 6.07 Å². The van der Waals surface area contributed by atoms with Crippen LogP contribution in [0.15, 0.2) is 36.4 Å². The molecule has 0 radical (unpaired) electrons. The zero-order valence-electron chi connectivity index (χ0n) is 13.6. The van der Waals surface area contributed by atoms with Crippen molar-refractivity contribution in [1.82, 2.24) is 0 Å². The van der Waals surface area contributed by atoms with Crippen LogP contribution in [-0.2, 0) is 14.3 Å². The Kier molecular flexibility index (Phi) is 6.34. The molecule has 1 heterocycles. The summed E-state index contributed by atoms with van der Waals surface area (Å²) in [5, 5.41) is 11.6. The predicted octanol–water partition coefficient (Wildman–Crippen LogP) is 4.17. The molecule has 0 aliphatic carbocycles. The number of carbonyl (C=O) groups is 2. The molecular weight excluding hydrogens is 360 g/mol. The molecule has 1 aromatic heterocycles. The summed E-state index contributed by atoms with van der Waals surface area (Å²) in [5.74, 6) is -1.10. The van der Waals surface area contributed by atoms with Gasteiger partial charge in [0, 0.05) is 21.5 Å². The number of hydrogen-bond donors (Lipinski definition) is 1. The second-order valence-electron chi connectivity index (χ2n) is 5.16. The molecule has 0 aliphatic heterocycles. The monoisotopic (exact) mass is 374 g/mol. The van der Waals surface area contributed by atoms with Gasteiger partial charge in [-0.2, -0.15) is 5.26 Å². The molecule has 128 valence electrons. The molecule has 0 aliphatic rings. The van der Waals surface area contributed by atoms with E-state index >= 15 is 0 Å². The number of amides is 1. The molecule has 5 nitrogen and oxygen atoms in total. The van der Waals surface area contributed by atoms with Crippen LogP contribution in [0.5, 0.6) is 0 Å². The number of nitrogens with zero attached hydrogens (tertiary/aromatic N) is 1. The third-order valence-corrected chi connectivity index (χ3v) is 4.44. The van der Waals surface area contributed by atoms with Crippen molar-refractivity contribution in [3.63, 3.8) is 0 Å². The van der Waals surface area contributed by atoms with E-state index in [2.05, 4.69) is 5.32 Å². The standard InChI is InChI=1S/C18H15ClN2O3S/c1-11-3-6-15(25-11)7-8-17(22)24-12(2)18(23)21-14-5-4-13(10-20)16(19)9-14/h3-9,12H,1-2H3,(H,21,23)/b8-7+/t12-/m1/s1. The number of halogens is 1. The molecule has 2 rings (SSSR count).